The molecule has 0 saturated heterocycles. The number of phosphoric ester groups is 2. The van der Waals surface area contributed by atoms with E-state index in [1.54, 1.807) is 0 Å². The summed E-state index contributed by atoms with van der Waals surface area (Å²) in [5, 5.41) is 10.6. The van der Waals surface area contributed by atoms with E-state index in [9.17, 15) is 43.2 Å². The van der Waals surface area contributed by atoms with Gasteiger partial charge in [0.25, 0.3) is 0 Å². The van der Waals surface area contributed by atoms with Gasteiger partial charge in [0.15, 0.2) is 12.2 Å². The lowest BCUT2D eigenvalue weighted by molar-refractivity contribution is -0.161. The summed E-state index contributed by atoms with van der Waals surface area (Å²) in [5.41, 5.74) is 0. The Morgan fingerprint density at radius 2 is 0.460 bits per heavy atom. The van der Waals surface area contributed by atoms with Crippen LogP contribution in [0.5, 0.6) is 0 Å². The number of rotatable bonds is 79. The summed E-state index contributed by atoms with van der Waals surface area (Å²) in [6.07, 6.45) is 59.7. The van der Waals surface area contributed by atoms with Crippen molar-refractivity contribution in [2.24, 2.45) is 17.8 Å². The SMILES string of the molecule is CCCCCCCCCCCCCCCCCCCCCC(=O)O[C@H](COC(=O)CCCCCCCCCCCCCCC(C)C)COP(=O)(O)OC[C@@H](O)COP(=O)(O)OC[C@@H](COC(=O)CCCCCCCCCCC(C)C)OC(=O)CCCCCCCCCCCCCCC(C)C. The molecule has 0 saturated carbocycles. The summed E-state index contributed by atoms with van der Waals surface area (Å²) in [6, 6.07) is 0. The predicted octanol–water partition coefficient (Wildman–Crippen LogP) is 24.1. The standard InChI is InChI=1S/C81H158O17P2/c1-8-9-10-11-12-13-14-15-16-17-18-19-20-21-29-34-43-50-57-64-80(85)97-76(68-91-78(83)62-55-48-41-33-28-24-22-26-31-38-45-52-59-72(2)3)70-95-99(87,88)93-66-75(82)67-94-100(89,90)96-71-77(69-92-79(84)63-56-49-42-37-36-40-47-54-61-74(6)7)98-81(86)65-58-51-44-35-30-25-23-27-32-39-46-53-60-73(4)5/h72-77,82H,8-71H2,1-7H3,(H,87,88)(H,89,90)/t75-,76-,77-/m1/s1. The van der Waals surface area contributed by atoms with Gasteiger partial charge in [0.2, 0.25) is 0 Å². The number of hydrogen-bond acceptors (Lipinski definition) is 15. The second kappa shape index (κ2) is 71.3. The van der Waals surface area contributed by atoms with E-state index in [0.29, 0.717) is 25.7 Å². The third-order valence-corrected chi connectivity index (χ3v) is 20.8. The number of aliphatic hydroxyl groups is 1. The van der Waals surface area contributed by atoms with Crippen molar-refractivity contribution in [1.29, 1.82) is 0 Å². The van der Waals surface area contributed by atoms with Gasteiger partial charge in [0, 0.05) is 25.7 Å². The highest BCUT2D eigenvalue weighted by Gasteiger charge is 2.30. The first kappa shape index (κ1) is 98.1. The van der Waals surface area contributed by atoms with Crippen LogP contribution >= 0.6 is 15.6 Å². The first-order valence-corrected chi connectivity index (χ1v) is 44.8. The first-order chi connectivity index (χ1) is 48.2. The maximum atomic E-state index is 13.1. The molecule has 5 atom stereocenters. The van der Waals surface area contributed by atoms with E-state index in [4.69, 9.17) is 37.0 Å². The molecule has 0 aromatic rings. The Bertz CT molecular complexity index is 1940. The van der Waals surface area contributed by atoms with Crippen molar-refractivity contribution in [3.8, 4) is 0 Å². The second-order valence-corrected chi connectivity index (χ2v) is 33.5. The van der Waals surface area contributed by atoms with Gasteiger partial charge in [-0.1, -0.05) is 370 Å². The smallest absolute Gasteiger partial charge is 0.462 e. The molecular formula is C81H158O17P2. The van der Waals surface area contributed by atoms with E-state index in [0.717, 1.165) is 108 Å². The van der Waals surface area contributed by atoms with Crippen LogP contribution in [-0.2, 0) is 65.4 Å². The molecule has 594 valence electrons. The number of phosphoric acid groups is 2. The molecule has 0 aliphatic carbocycles. The number of hydrogen-bond donors (Lipinski definition) is 3. The van der Waals surface area contributed by atoms with Crippen molar-refractivity contribution in [2.45, 2.75) is 439 Å². The highest BCUT2D eigenvalue weighted by atomic mass is 31.2. The molecule has 17 nitrogen and oxygen atoms in total. The molecule has 0 fully saturated rings. The van der Waals surface area contributed by atoms with Crippen molar-refractivity contribution in [3.05, 3.63) is 0 Å². The van der Waals surface area contributed by atoms with Crippen LogP contribution in [0.4, 0.5) is 0 Å². The monoisotopic (exact) mass is 1470 g/mol. The highest BCUT2D eigenvalue weighted by Crippen LogP contribution is 2.45. The molecule has 0 rings (SSSR count). The zero-order valence-corrected chi connectivity index (χ0v) is 67.5. The third kappa shape index (κ3) is 74.3. The summed E-state index contributed by atoms with van der Waals surface area (Å²) in [5.74, 6) is 0.174. The van der Waals surface area contributed by atoms with Crippen molar-refractivity contribution < 1.29 is 80.2 Å². The zero-order chi connectivity index (χ0) is 73.7. The molecule has 0 heterocycles. The van der Waals surface area contributed by atoms with E-state index >= 15 is 0 Å². The van der Waals surface area contributed by atoms with E-state index in [-0.39, 0.29) is 25.7 Å². The molecule has 0 spiro atoms. The van der Waals surface area contributed by atoms with E-state index in [2.05, 4.69) is 48.5 Å². The zero-order valence-electron chi connectivity index (χ0n) is 65.7. The molecule has 0 aliphatic heterocycles. The normalized spacial score (nSPS) is 14.0. The molecule has 0 amide bonds. The fourth-order valence-corrected chi connectivity index (χ4v) is 14.1. The Morgan fingerprint density at radius 3 is 0.680 bits per heavy atom. The van der Waals surface area contributed by atoms with Crippen LogP contribution in [0.25, 0.3) is 0 Å². The summed E-state index contributed by atoms with van der Waals surface area (Å²) >= 11 is 0. The Balaban J connectivity index is 5.25. The maximum Gasteiger partial charge on any atom is 0.472 e. The number of aliphatic hydroxyl groups excluding tert-OH is 1. The fourth-order valence-electron chi connectivity index (χ4n) is 12.5. The Morgan fingerprint density at radius 1 is 0.270 bits per heavy atom. The second-order valence-electron chi connectivity index (χ2n) is 30.6. The van der Waals surface area contributed by atoms with Gasteiger partial charge in [-0.25, -0.2) is 9.13 Å². The van der Waals surface area contributed by atoms with Crippen LogP contribution in [0.3, 0.4) is 0 Å². The van der Waals surface area contributed by atoms with E-state index in [1.165, 1.54) is 231 Å². The highest BCUT2D eigenvalue weighted by molar-refractivity contribution is 7.47. The van der Waals surface area contributed by atoms with Gasteiger partial charge in [-0.3, -0.25) is 37.3 Å². The lowest BCUT2D eigenvalue weighted by Gasteiger charge is -2.21. The van der Waals surface area contributed by atoms with Crippen LogP contribution in [0.15, 0.2) is 0 Å². The average Bonchev–Trinajstić information content (AvgIpc) is 1.04. The average molecular weight is 1470 g/mol. The molecular weight excluding hydrogens is 1310 g/mol. The minimum Gasteiger partial charge on any atom is -0.462 e. The summed E-state index contributed by atoms with van der Waals surface area (Å²) < 4.78 is 68.7. The molecule has 0 radical (unpaired) electrons. The number of unbranched alkanes of at least 4 members (excludes halogenated alkanes) is 47. The number of ether oxygens (including phenoxy) is 4. The van der Waals surface area contributed by atoms with Crippen molar-refractivity contribution in [1.82, 2.24) is 0 Å². The van der Waals surface area contributed by atoms with Crippen LogP contribution in [-0.4, -0.2) is 96.7 Å². The minimum atomic E-state index is -4.96. The number of carbonyl (C=O) groups is 4. The van der Waals surface area contributed by atoms with Gasteiger partial charge >= 0.3 is 39.5 Å². The van der Waals surface area contributed by atoms with Crippen molar-refractivity contribution >= 4 is 39.5 Å². The predicted molar refractivity (Wildman–Crippen MR) is 409 cm³/mol. The molecule has 0 aromatic carbocycles. The van der Waals surface area contributed by atoms with Crippen LogP contribution in [0.2, 0.25) is 0 Å². The van der Waals surface area contributed by atoms with E-state index < -0.39 is 97.5 Å². The van der Waals surface area contributed by atoms with Gasteiger partial charge < -0.3 is 33.8 Å². The van der Waals surface area contributed by atoms with Crippen molar-refractivity contribution in [3.63, 3.8) is 0 Å². The molecule has 3 N–H and O–H groups in total. The van der Waals surface area contributed by atoms with Gasteiger partial charge in [-0.2, -0.15) is 0 Å². The molecule has 19 heteroatoms. The van der Waals surface area contributed by atoms with Gasteiger partial charge in [0.1, 0.15) is 19.3 Å². The molecule has 0 aromatic heterocycles. The number of esters is 4. The number of carbonyl (C=O) groups excluding carboxylic acids is 4. The molecule has 0 aliphatic rings. The maximum absolute atomic E-state index is 13.1. The Labute approximate surface area is 613 Å². The minimum absolute atomic E-state index is 0.106. The quantitative estimate of drug-likeness (QED) is 0.0222. The lowest BCUT2D eigenvalue weighted by atomic mass is 10.0. The van der Waals surface area contributed by atoms with Crippen LogP contribution in [0.1, 0.15) is 421 Å². The Kier molecular flexibility index (Phi) is 69.9. The van der Waals surface area contributed by atoms with Gasteiger partial charge in [-0.15, -0.1) is 0 Å². The third-order valence-electron chi connectivity index (χ3n) is 18.9. The largest absolute Gasteiger partial charge is 0.472 e. The summed E-state index contributed by atoms with van der Waals surface area (Å²) in [7, 11) is -9.92. The lowest BCUT2D eigenvalue weighted by Crippen LogP contribution is -2.30. The topological polar surface area (TPSA) is 237 Å². The fraction of sp³-hybridized carbons (Fsp3) is 0.951. The van der Waals surface area contributed by atoms with Crippen LogP contribution in [0, 0.1) is 17.8 Å². The Hall–Kier alpha value is -1.94. The van der Waals surface area contributed by atoms with Crippen LogP contribution < -0.4 is 0 Å². The molecule has 2 unspecified atom stereocenters. The molecule has 100 heavy (non-hydrogen) atoms. The van der Waals surface area contributed by atoms with Crippen molar-refractivity contribution in [2.75, 3.05) is 39.6 Å². The first-order valence-electron chi connectivity index (χ1n) is 41.8. The summed E-state index contributed by atoms with van der Waals surface area (Å²) in [6.45, 7) is 11.9. The van der Waals surface area contributed by atoms with Gasteiger partial charge in [0.05, 0.1) is 26.4 Å². The molecule has 0 bridgehead atoms. The summed E-state index contributed by atoms with van der Waals surface area (Å²) in [4.78, 5) is 73.0. The van der Waals surface area contributed by atoms with Gasteiger partial charge in [-0.05, 0) is 43.4 Å². The van der Waals surface area contributed by atoms with E-state index in [1.807, 2.05) is 0 Å².